The summed E-state index contributed by atoms with van der Waals surface area (Å²) in [7, 11) is 0. The van der Waals surface area contributed by atoms with Gasteiger partial charge in [0.1, 0.15) is 5.60 Å². The molecule has 1 N–H and O–H groups in total. The Bertz CT molecular complexity index is 692. The molecular formula is C20H26O6. The van der Waals surface area contributed by atoms with Gasteiger partial charge in [0, 0.05) is 11.5 Å². The SMILES string of the molecule is C=C1C(=O)O[C@H]2C(=O)/C(C)=C/CC[C@](C)(OO)/C=C/C[C@@]3(C)O[C@@H]3C[C@@H]12. The van der Waals surface area contributed by atoms with E-state index < -0.39 is 17.7 Å². The Labute approximate surface area is 153 Å². The summed E-state index contributed by atoms with van der Waals surface area (Å²) in [4.78, 5) is 29.4. The zero-order valence-electron chi connectivity index (χ0n) is 15.5. The van der Waals surface area contributed by atoms with Crippen LogP contribution in [-0.2, 0) is 24.0 Å². The topological polar surface area (TPSA) is 85.4 Å². The third-order valence-corrected chi connectivity index (χ3v) is 5.75. The monoisotopic (exact) mass is 362 g/mol. The molecule has 6 nitrogen and oxygen atoms in total. The third-order valence-electron chi connectivity index (χ3n) is 5.75. The Kier molecular flexibility index (Phi) is 4.94. The van der Waals surface area contributed by atoms with Gasteiger partial charge in [-0.15, -0.1) is 0 Å². The largest absolute Gasteiger partial charge is 0.450 e. The number of carbonyl (C=O) groups excluding carboxylic acids is 2. The summed E-state index contributed by atoms with van der Waals surface area (Å²) in [6, 6.07) is 0. The highest BCUT2D eigenvalue weighted by Gasteiger charge is 2.55. The van der Waals surface area contributed by atoms with Gasteiger partial charge in [0.05, 0.1) is 11.7 Å². The molecule has 2 heterocycles. The normalized spacial score (nSPS) is 44.2. The molecule has 0 aromatic carbocycles. The van der Waals surface area contributed by atoms with Crippen LogP contribution in [0.4, 0.5) is 0 Å². The van der Waals surface area contributed by atoms with Gasteiger partial charge >= 0.3 is 5.97 Å². The summed E-state index contributed by atoms with van der Waals surface area (Å²) in [5.41, 5.74) is -0.316. The molecular weight excluding hydrogens is 336 g/mol. The number of hydrogen-bond donors (Lipinski definition) is 1. The molecule has 5 atom stereocenters. The van der Waals surface area contributed by atoms with Crippen molar-refractivity contribution in [2.45, 2.75) is 69.9 Å². The maximum Gasteiger partial charge on any atom is 0.334 e. The minimum atomic E-state index is -0.835. The van der Waals surface area contributed by atoms with Gasteiger partial charge in [-0.3, -0.25) is 10.1 Å². The lowest BCUT2D eigenvalue weighted by Crippen LogP contribution is -2.30. The zero-order valence-corrected chi connectivity index (χ0v) is 15.5. The number of hydrogen-bond acceptors (Lipinski definition) is 6. The van der Waals surface area contributed by atoms with Crippen LogP contribution in [0.3, 0.4) is 0 Å². The van der Waals surface area contributed by atoms with E-state index in [1.807, 2.05) is 19.1 Å². The Balaban J connectivity index is 1.89. The van der Waals surface area contributed by atoms with Crippen molar-refractivity contribution in [3.63, 3.8) is 0 Å². The molecule has 2 aliphatic heterocycles. The van der Waals surface area contributed by atoms with E-state index in [-0.39, 0.29) is 23.4 Å². The Morgan fingerprint density at radius 1 is 1.35 bits per heavy atom. The summed E-state index contributed by atoms with van der Waals surface area (Å²) >= 11 is 0. The fraction of sp³-hybridized carbons (Fsp3) is 0.600. The molecule has 0 aromatic heterocycles. The van der Waals surface area contributed by atoms with Crippen molar-refractivity contribution in [3.8, 4) is 0 Å². The quantitative estimate of drug-likeness (QED) is 0.193. The molecule has 3 aliphatic rings. The second kappa shape index (κ2) is 6.76. The van der Waals surface area contributed by atoms with Crippen LogP contribution in [-0.4, -0.2) is 40.4 Å². The van der Waals surface area contributed by atoms with E-state index in [1.165, 1.54) is 0 Å². The maximum absolute atomic E-state index is 12.8. The van der Waals surface area contributed by atoms with Gasteiger partial charge in [-0.05, 0) is 52.0 Å². The molecule has 0 radical (unpaired) electrons. The Hall–Kier alpha value is -1.76. The fourth-order valence-corrected chi connectivity index (χ4v) is 3.71. The molecule has 6 heteroatoms. The molecule has 0 amide bonds. The molecule has 0 saturated carbocycles. The first-order chi connectivity index (χ1) is 12.2. The Morgan fingerprint density at radius 2 is 2.08 bits per heavy atom. The van der Waals surface area contributed by atoms with E-state index in [9.17, 15) is 14.8 Å². The van der Waals surface area contributed by atoms with Crippen LogP contribution < -0.4 is 0 Å². The Morgan fingerprint density at radius 3 is 2.77 bits per heavy atom. The standard InChI is InChI=1S/C20H26O6/c1-12-7-5-8-19(3,26-23)9-6-10-20(4)15(25-20)11-14-13(2)18(22)24-17(14)16(12)21/h6-7,9,14-15,17,23H,2,5,8,10-11H2,1,3-4H3/b9-6+,12-7+/t14-,15+,17+,19-,20+/m0/s1. The molecule has 1 aliphatic carbocycles. The number of carbonyl (C=O) groups is 2. The molecule has 2 fully saturated rings. The average Bonchev–Trinajstić information content (AvgIpc) is 3.15. The van der Waals surface area contributed by atoms with Crippen LogP contribution in [0, 0.1) is 5.92 Å². The minimum absolute atomic E-state index is 0.0766. The first-order valence-corrected chi connectivity index (χ1v) is 8.98. The highest BCUT2D eigenvalue weighted by atomic mass is 17.1. The van der Waals surface area contributed by atoms with E-state index in [4.69, 9.17) is 9.47 Å². The van der Waals surface area contributed by atoms with E-state index in [2.05, 4.69) is 11.5 Å². The maximum atomic E-state index is 12.8. The average molecular weight is 362 g/mol. The lowest BCUT2D eigenvalue weighted by Gasteiger charge is -2.22. The van der Waals surface area contributed by atoms with Crippen molar-refractivity contribution < 1.29 is 29.2 Å². The van der Waals surface area contributed by atoms with Gasteiger partial charge in [-0.25, -0.2) is 9.68 Å². The van der Waals surface area contributed by atoms with Gasteiger partial charge in [0.2, 0.25) is 0 Å². The summed E-state index contributed by atoms with van der Waals surface area (Å²) in [6.45, 7) is 9.32. The zero-order chi connectivity index (χ0) is 19.1. The van der Waals surface area contributed by atoms with Gasteiger partial charge in [0.15, 0.2) is 11.9 Å². The number of allylic oxidation sites excluding steroid dienone is 1. The van der Waals surface area contributed by atoms with Gasteiger partial charge in [0.25, 0.3) is 0 Å². The van der Waals surface area contributed by atoms with Crippen molar-refractivity contribution in [3.05, 3.63) is 36.0 Å². The summed E-state index contributed by atoms with van der Waals surface area (Å²) in [6.07, 6.45) is 6.89. The van der Waals surface area contributed by atoms with Crippen molar-refractivity contribution in [1.29, 1.82) is 0 Å². The van der Waals surface area contributed by atoms with Gasteiger partial charge < -0.3 is 9.47 Å². The number of ether oxygens (including phenoxy) is 2. The number of rotatable bonds is 1. The van der Waals surface area contributed by atoms with Gasteiger partial charge in [-0.1, -0.05) is 24.8 Å². The van der Waals surface area contributed by atoms with Crippen LogP contribution in [0.5, 0.6) is 0 Å². The predicted octanol–water partition coefficient (Wildman–Crippen LogP) is 3.14. The van der Waals surface area contributed by atoms with E-state index in [0.29, 0.717) is 36.8 Å². The number of fused-ring (bicyclic) bond motifs is 2. The molecule has 0 unspecified atom stereocenters. The first-order valence-electron chi connectivity index (χ1n) is 8.98. The van der Waals surface area contributed by atoms with Crippen molar-refractivity contribution >= 4 is 11.8 Å². The van der Waals surface area contributed by atoms with Crippen LogP contribution in [0.1, 0.15) is 46.5 Å². The second-order valence-electron chi connectivity index (χ2n) is 7.91. The number of esters is 1. The van der Waals surface area contributed by atoms with Crippen molar-refractivity contribution in [2.75, 3.05) is 0 Å². The van der Waals surface area contributed by atoms with E-state index in [0.717, 1.165) is 0 Å². The van der Waals surface area contributed by atoms with Crippen molar-refractivity contribution in [1.82, 2.24) is 0 Å². The van der Waals surface area contributed by atoms with Gasteiger partial charge in [-0.2, -0.15) is 0 Å². The highest BCUT2D eigenvalue weighted by Crippen LogP contribution is 2.46. The van der Waals surface area contributed by atoms with E-state index in [1.54, 1.807) is 19.9 Å². The lowest BCUT2D eigenvalue weighted by atomic mass is 9.84. The smallest absolute Gasteiger partial charge is 0.334 e. The molecule has 0 bridgehead atoms. The molecule has 26 heavy (non-hydrogen) atoms. The van der Waals surface area contributed by atoms with Crippen LogP contribution >= 0.6 is 0 Å². The van der Waals surface area contributed by atoms with Crippen LogP contribution in [0.2, 0.25) is 0 Å². The molecule has 2 saturated heterocycles. The number of epoxide rings is 1. The fourth-order valence-electron chi connectivity index (χ4n) is 3.71. The summed E-state index contributed by atoms with van der Waals surface area (Å²) < 4.78 is 11.2. The number of ketones is 1. The molecule has 0 aromatic rings. The van der Waals surface area contributed by atoms with E-state index >= 15 is 0 Å². The predicted molar refractivity (Wildman–Crippen MR) is 94.3 cm³/mol. The molecule has 142 valence electrons. The van der Waals surface area contributed by atoms with Crippen LogP contribution in [0.15, 0.2) is 36.0 Å². The molecule has 0 spiro atoms. The third kappa shape index (κ3) is 3.54. The summed E-state index contributed by atoms with van der Waals surface area (Å²) in [5, 5.41) is 9.26. The lowest BCUT2D eigenvalue weighted by molar-refractivity contribution is -0.303. The summed E-state index contributed by atoms with van der Waals surface area (Å²) in [5.74, 6) is -1.07. The first kappa shape index (κ1) is 19.0. The minimum Gasteiger partial charge on any atom is -0.450 e. The van der Waals surface area contributed by atoms with Crippen molar-refractivity contribution in [2.24, 2.45) is 5.92 Å². The number of Topliss-reactive ketones (excluding diaryl/α,β-unsaturated/α-hetero) is 1. The molecule has 3 rings (SSSR count). The van der Waals surface area contributed by atoms with Crippen LogP contribution in [0.25, 0.3) is 0 Å². The second-order valence-corrected chi connectivity index (χ2v) is 7.91. The highest BCUT2D eigenvalue weighted by molar-refractivity contribution is 6.04.